The van der Waals surface area contributed by atoms with Gasteiger partial charge in [-0.3, -0.25) is 19.6 Å². The first-order valence-corrected chi connectivity index (χ1v) is 5.57. The van der Waals surface area contributed by atoms with Gasteiger partial charge in [-0.25, -0.2) is 0 Å². The minimum Gasteiger partial charge on any atom is -0.384 e. The number of imide groups is 1. The third-order valence-electron chi connectivity index (χ3n) is 3.97. The summed E-state index contributed by atoms with van der Waals surface area (Å²) in [5.74, 6) is -0.0205. The predicted octanol–water partition coefficient (Wildman–Crippen LogP) is 0.133. The average molecular weight is 234 g/mol. The molecule has 2 fully saturated rings. The molecule has 1 aromatic heterocycles. The number of amides is 2. The number of carbonyl (C=O) groups excluding carboxylic acids is 2. The SMILES string of the molecule is CC1(C)C2C(=O)N(Cc3cn[nH]c3N)C(=O)C21. The molecule has 1 saturated carbocycles. The molecule has 0 radical (unpaired) electrons. The maximum absolute atomic E-state index is 12.0. The number of aromatic amines is 1. The lowest BCUT2D eigenvalue weighted by Gasteiger charge is -2.19. The number of nitrogens with two attached hydrogens (primary N) is 1. The van der Waals surface area contributed by atoms with E-state index >= 15 is 0 Å². The number of piperidine rings is 1. The molecule has 1 aliphatic heterocycles. The number of likely N-dealkylation sites (tertiary alicyclic amines) is 1. The molecule has 2 atom stereocenters. The molecule has 0 bridgehead atoms. The molecule has 90 valence electrons. The van der Waals surface area contributed by atoms with Gasteiger partial charge in [-0.05, 0) is 5.41 Å². The number of nitrogens with one attached hydrogen (secondary N) is 1. The lowest BCUT2D eigenvalue weighted by atomic mass is 10.1. The molecule has 2 unspecified atom stereocenters. The summed E-state index contributed by atoms with van der Waals surface area (Å²) in [6, 6.07) is 0. The number of H-pyrrole nitrogens is 1. The van der Waals surface area contributed by atoms with Gasteiger partial charge in [0.1, 0.15) is 5.82 Å². The quantitative estimate of drug-likeness (QED) is 0.711. The van der Waals surface area contributed by atoms with Gasteiger partial charge in [0.2, 0.25) is 11.8 Å². The van der Waals surface area contributed by atoms with Crippen LogP contribution in [0, 0.1) is 17.3 Å². The van der Waals surface area contributed by atoms with Crippen LogP contribution >= 0.6 is 0 Å². The van der Waals surface area contributed by atoms with E-state index in [9.17, 15) is 9.59 Å². The lowest BCUT2D eigenvalue weighted by Crippen LogP contribution is -2.35. The molecule has 6 heteroatoms. The van der Waals surface area contributed by atoms with Crippen LogP contribution in [-0.4, -0.2) is 26.9 Å². The monoisotopic (exact) mass is 234 g/mol. The zero-order valence-corrected chi connectivity index (χ0v) is 9.73. The van der Waals surface area contributed by atoms with Crippen molar-refractivity contribution >= 4 is 17.6 Å². The van der Waals surface area contributed by atoms with E-state index in [1.807, 2.05) is 13.8 Å². The third-order valence-corrected chi connectivity index (χ3v) is 3.97. The first-order valence-electron chi connectivity index (χ1n) is 5.57. The van der Waals surface area contributed by atoms with Crippen molar-refractivity contribution in [3.05, 3.63) is 11.8 Å². The molecule has 0 spiro atoms. The van der Waals surface area contributed by atoms with Crippen LogP contribution in [0.15, 0.2) is 6.20 Å². The highest BCUT2D eigenvalue weighted by Crippen LogP contribution is 2.63. The molecule has 2 aliphatic rings. The molecule has 2 heterocycles. The Morgan fingerprint density at radius 2 is 2.00 bits per heavy atom. The minimum absolute atomic E-state index is 0.0781. The van der Waals surface area contributed by atoms with Crippen LogP contribution in [-0.2, 0) is 16.1 Å². The highest BCUT2D eigenvalue weighted by Gasteiger charge is 2.72. The van der Waals surface area contributed by atoms with E-state index in [0.717, 1.165) is 0 Å². The number of hydrogen-bond acceptors (Lipinski definition) is 4. The van der Waals surface area contributed by atoms with Crippen LogP contribution in [0.25, 0.3) is 0 Å². The van der Waals surface area contributed by atoms with E-state index in [1.54, 1.807) is 6.20 Å². The molecule has 1 aromatic rings. The number of fused-ring (bicyclic) bond motifs is 1. The number of rotatable bonds is 2. The summed E-state index contributed by atoms with van der Waals surface area (Å²) in [5, 5.41) is 6.36. The highest BCUT2D eigenvalue weighted by atomic mass is 16.2. The molecule has 1 aliphatic carbocycles. The number of nitrogen functional groups attached to an aromatic ring is 1. The molecule has 3 N–H and O–H groups in total. The van der Waals surface area contributed by atoms with Gasteiger partial charge in [0.25, 0.3) is 0 Å². The number of carbonyl (C=O) groups is 2. The highest BCUT2D eigenvalue weighted by molar-refractivity contribution is 6.10. The van der Waals surface area contributed by atoms with E-state index in [4.69, 9.17) is 5.73 Å². The summed E-state index contributed by atoms with van der Waals surface area (Å²) < 4.78 is 0. The van der Waals surface area contributed by atoms with Crippen molar-refractivity contribution in [1.82, 2.24) is 15.1 Å². The number of hydrogen-bond donors (Lipinski definition) is 2. The van der Waals surface area contributed by atoms with Crippen molar-refractivity contribution in [2.75, 3.05) is 5.73 Å². The van der Waals surface area contributed by atoms with Crippen LogP contribution in [0.5, 0.6) is 0 Å². The van der Waals surface area contributed by atoms with Gasteiger partial charge in [-0.15, -0.1) is 0 Å². The maximum atomic E-state index is 12.0. The normalized spacial score (nSPS) is 29.6. The topological polar surface area (TPSA) is 92.1 Å². The summed E-state index contributed by atoms with van der Waals surface area (Å²) in [7, 11) is 0. The Kier molecular flexibility index (Phi) is 1.75. The Hall–Kier alpha value is -1.85. The van der Waals surface area contributed by atoms with Crippen LogP contribution in [0.1, 0.15) is 19.4 Å². The fraction of sp³-hybridized carbons (Fsp3) is 0.545. The van der Waals surface area contributed by atoms with Crippen LogP contribution < -0.4 is 5.73 Å². The molecule has 2 amide bonds. The summed E-state index contributed by atoms with van der Waals surface area (Å²) in [6.45, 7) is 4.15. The zero-order chi connectivity index (χ0) is 12.4. The largest absolute Gasteiger partial charge is 0.384 e. The van der Waals surface area contributed by atoms with E-state index in [-0.39, 0.29) is 35.6 Å². The summed E-state index contributed by atoms with van der Waals surface area (Å²) in [5.41, 5.74) is 6.17. The lowest BCUT2D eigenvalue weighted by molar-refractivity contribution is -0.143. The van der Waals surface area contributed by atoms with Gasteiger partial charge in [0.15, 0.2) is 0 Å². The van der Waals surface area contributed by atoms with Gasteiger partial charge < -0.3 is 5.73 Å². The van der Waals surface area contributed by atoms with Crippen LogP contribution in [0.3, 0.4) is 0 Å². The van der Waals surface area contributed by atoms with E-state index in [2.05, 4.69) is 10.2 Å². The fourth-order valence-electron chi connectivity index (χ4n) is 2.78. The fourth-order valence-corrected chi connectivity index (χ4v) is 2.78. The Labute approximate surface area is 98.2 Å². The van der Waals surface area contributed by atoms with Gasteiger partial charge in [0, 0.05) is 5.56 Å². The Morgan fingerprint density at radius 1 is 1.41 bits per heavy atom. The molecular weight excluding hydrogens is 220 g/mol. The van der Waals surface area contributed by atoms with E-state index < -0.39 is 0 Å². The summed E-state index contributed by atoms with van der Waals surface area (Å²) >= 11 is 0. The van der Waals surface area contributed by atoms with Crippen molar-refractivity contribution in [2.45, 2.75) is 20.4 Å². The van der Waals surface area contributed by atoms with Crippen molar-refractivity contribution in [3.63, 3.8) is 0 Å². The number of aromatic nitrogens is 2. The van der Waals surface area contributed by atoms with Gasteiger partial charge in [-0.2, -0.15) is 5.10 Å². The number of nitrogens with zero attached hydrogens (tertiary/aromatic N) is 2. The molecule has 0 aromatic carbocycles. The summed E-state index contributed by atoms with van der Waals surface area (Å²) in [6.07, 6.45) is 1.55. The van der Waals surface area contributed by atoms with Crippen molar-refractivity contribution in [3.8, 4) is 0 Å². The van der Waals surface area contributed by atoms with Crippen molar-refractivity contribution in [1.29, 1.82) is 0 Å². The van der Waals surface area contributed by atoms with Gasteiger partial charge >= 0.3 is 0 Å². The molecule has 3 rings (SSSR count). The molecule has 17 heavy (non-hydrogen) atoms. The third kappa shape index (κ3) is 1.18. The van der Waals surface area contributed by atoms with Crippen molar-refractivity contribution < 1.29 is 9.59 Å². The standard InChI is InChI=1S/C11H14N4O2/c1-11(2)6-7(11)10(17)15(9(6)16)4-5-3-13-14-8(5)12/h3,6-7H,4H2,1-2H3,(H3,12,13,14). The molecule has 1 saturated heterocycles. The van der Waals surface area contributed by atoms with Crippen LogP contribution in [0.2, 0.25) is 0 Å². The Balaban J connectivity index is 1.82. The first-order chi connectivity index (χ1) is 7.94. The second-order valence-electron chi connectivity index (χ2n) is 5.35. The van der Waals surface area contributed by atoms with Gasteiger partial charge in [0.05, 0.1) is 24.6 Å². The zero-order valence-electron chi connectivity index (χ0n) is 9.73. The Bertz CT molecular complexity index is 495. The second-order valence-corrected chi connectivity index (χ2v) is 5.35. The first kappa shape index (κ1) is 10.3. The summed E-state index contributed by atoms with van der Waals surface area (Å²) in [4.78, 5) is 25.4. The van der Waals surface area contributed by atoms with Crippen molar-refractivity contribution in [2.24, 2.45) is 17.3 Å². The molecule has 6 nitrogen and oxygen atoms in total. The smallest absolute Gasteiger partial charge is 0.233 e. The van der Waals surface area contributed by atoms with Crippen LogP contribution in [0.4, 0.5) is 5.82 Å². The number of anilines is 1. The average Bonchev–Trinajstić information content (AvgIpc) is 2.54. The maximum Gasteiger partial charge on any atom is 0.233 e. The predicted molar refractivity (Wildman–Crippen MR) is 59.3 cm³/mol. The second kappa shape index (κ2) is 2.88. The Morgan fingerprint density at radius 3 is 2.47 bits per heavy atom. The van der Waals surface area contributed by atoms with Gasteiger partial charge in [-0.1, -0.05) is 13.8 Å². The molecular formula is C11H14N4O2. The van der Waals surface area contributed by atoms with E-state index in [1.165, 1.54) is 4.90 Å². The minimum atomic E-state index is -0.160. The van der Waals surface area contributed by atoms with E-state index in [0.29, 0.717) is 11.4 Å².